The Morgan fingerprint density at radius 1 is 0.545 bits per heavy atom. The molecule has 446 valence electrons. The van der Waals surface area contributed by atoms with Gasteiger partial charge in [-0.15, -0.1) is 0 Å². The van der Waals surface area contributed by atoms with Gasteiger partial charge in [-0.2, -0.15) is 0 Å². The first-order valence-electron chi connectivity index (χ1n) is 27.9. The molecule has 0 unspecified atom stereocenters. The van der Waals surface area contributed by atoms with Gasteiger partial charge in [0.05, 0.1) is 44.2 Å². The molecule has 0 aromatic rings. The molecule has 4 saturated carbocycles. The Kier molecular flexibility index (Phi) is 18.9. The summed E-state index contributed by atoms with van der Waals surface area (Å²) in [6.07, 6.45) is -25.2. The van der Waals surface area contributed by atoms with Crippen LogP contribution in [0.3, 0.4) is 0 Å². The normalized spacial score (nSPS) is 52.7. The third kappa shape index (κ3) is 10.9. The van der Waals surface area contributed by atoms with Crippen molar-refractivity contribution in [3.63, 3.8) is 0 Å². The molecule has 77 heavy (non-hydrogen) atoms. The van der Waals surface area contributed by atoms with E-state index < -0.39 is 178 Å². The van der Waals surface area contributed by atoms with Crippen LogP contribution in [0.5, 0.6) is 0 Å². The van der Waals surface area contributed by atoms with E-state index in [0.29, 0.717) is 38.5 Å². The zero-order valence-electron chi connectivity index (χ0n) is 45.8. The van der Waals surface area contributed by atoms with Crippen molar-refractivity contribution in [1.82, 2.24) is 0 Å². The summed E-state index contributed by atoms with van der Waals surface area (Å²) in [7, 11) is 0. The van der Waals surface area contributed by atoms with Crippen molar-refractivity contribution in [1.29, 1.82) is 0 Å². The molecular weight excluding hydrogens is 1020 g/mol. The van der Waals surface area contributed by atoms with Crippen molar-refractivity contribution < 1.29 is 114 Å². The van der Waals surface area contributed by atoms with Gasteiger partial charge in [0, 0.05) is 0 Å². The molecule has 0 aromatic carbocycles. The molecule has 0 amide bonds. The first-order chi connectivity index (χ1) is 36.0. The van der Waals surface area contributed by atoms with Crippen LogP contribution in [-0.2, 0) is 37.9 Å². The molecule has 4 aliphatic heterocycles. The molecule has 0 spiro atoms. The van der Waals surface area contributed by atoms with Crippen LogP contribution < -0.4 is 0 Å². The standard InChI is InChI=1S/C54H92O23/c1-23(2)10-9-14-54(8,77-48-44(69)40(65)37(62)29(74-48)22-70-46-42(67)38(63)34(59)26(19-55)71-46)24-11-16-53(7)33(24)25(58)18-31-51(5)15-13-32(50(3,4)30(51)12-17-52(31,53)6)75-49-45(41(66)36(61)28(21-57)73-49)76-47-43(68)39(64)35(60)27(20-56)72-47/h10,24-49,55-69H,9,11-22H2,1-8H3/t24-,25+,26+,27+,28+,29+,30-,31+,32-,33-,34+,35+,36+,37+,38-,39-,40-,41-,42+,43+,44+,45+,46+,47-,48-,49-,51-,52+,53+,54-/m1/s1. The molecule has 4 aliphatic carbocycles. The first kappa shape index (κ1) is 61.9. The van der Waals surface area contributed by atoms with Crippen molar-refractivity contribution in [2.24, 2.45) is 45.3 Å². The van der Waals surface area contributed by atoms with E-state index in [0.717, 1.165) is 24.8 Å². The molecule has 4 saturated heterocycles. The predicted molar refractivity (Wildman–Crippen MR) is 266 cm³/mol. The predicted octanol–water partition coefficient (Wildman–Crippen LogP) is -2.20. The van der Waals surface area contributed by atoms with E-state index in [1.165, 1.54) is 0 Å². The quantitative estimate of drug-likeness (QED) is 0.0576. The largest absolute Gasteiger partial charge is 0.394 e. The topological polar surface area (TPSA) is 377 Å². The molecular formula is C54H92O23. The lowest BCUT2D eigenvalue weighted by molar-refractivity contribution is -0.378. The van der Waals surface area contributed by atoms with Crippen molar-refractivity contribution in [3.05, 3.63) is 11.6 Å². The lowest BCUT2D eigenvalue weighted by Crippen LogP contribution is -2.68. The van der Waals surface area contributed by atoms with Gasteiger partial charge in [0.15, 0.2) is 25.2 Å². The third-order valence-corrected chi connectivity index (χ3v) is 20.9. The van der Waals surface area contributed by atoms with E-state index in [2.05, 4.69) is 40.7 Å². The molecule has 8 rings (SSSR count). The first-order valence-corrected chi connectivity index (χ1v) is 27.9. The zero-order valence-corrected chi connectivity index (χ0v) is 45.8. The maximum absolute atomic E-state index is 12.8. The molecule has 4 heterocycles. The number of aliphatic hydroxyl groups excluding tert-OH is 15. The second-order valence-corrected chi connectivity index (χ2v) is 25.7. The van der Waals surface area contributed by atoms with Crippen molar-refractivity contribution in [3.8, 4) is 0 Å². The fraction of sp³-hybridized carbons (Fsp3) is 0.963. The summed E-state index contributed by atoms with van der Waals surface area (Å²) in [5, 5.41) is 162. The van der Waals surface area contributed by atoms with E-state index in [1.807, 2.05) is 20.8 Å². The molecule has 8 aliphatic rings. The van der Waals surface area contributed by atoms with Crippen LogP contribution in [0.25, 0.3) is 0 Å². The lowest BCUT2D eigenvalue weighted by Gasteiger charge is -2.71. The summed E-state index contributed by atoms with van der Waals surface area (Å²) in [6.45, 7) is 14.6. The molecule has 23 nitrogen and oxygen atoms in total. The third-order valence-electron chi connectivity index (χ3n) is 20.9. The highest BCUT2D eigenvalue weighted by molar-refractivity contribution is 5.20. The second kappa shape index (κ2) is 23.5. The maximum Gasteiger partial charge on any atom is 0.187 e. The number of aliphatic hydroxyl groups is 15. The Morgan fingerprint density at radius 3 is 1.64 bits per heavy atom. The number of rotatable bonds is 16. The van der Waals surface area contributed by atoms with Gasteiger partial charge in [0.25, 0.3) is 0 Å². The van der Waals surface area contributed by atoms with Gasteiger partial charge in [0.2, 0.25) is 0 Å². The van der Waals surface area contributed by atoms with Gasteiger partial charge in [-0.3, -0.25) is 0 Å². The van der Waals surface area contributed by atoms with Crippen molar-refractivity contribution >= 4 is 0 Å². The second-order valence-electron chi connectivity index (χ2n) is 25.7. The average molecular weight is 1110 g/mol. The van der Waals surface area contributed by atoms with Gasteiger partial charge in [-0.05, 0) is 124 Å². The smallest absolute Gasteiger partial charge is 0.187 e. The highest BCUT2D eigenvalue weighted by atomic mass is 16.8. The minimum atomic E-state index is -1.82. The summed E-state index contributed by atoms with van der Waals surface area (Å²) >= 11 is 0. The average Bonchev–Trinajstić information content (AvgIpc) is 3.96. The Balaban J connectivity index is 1.01. The van der Waals surface area contributed by atoms with Crippen LogP contribution in [0, 0.1) is 45.3 Å². The van der Waals surface area contributed by atoms with Crippen LogP contribution in [0.2, 0.25) is 0 Å². The van der Waals surface area contributed by atoms with Gasteiger partial charge in [0.1, 0.15) is 97.7 Å². The summed E-state index contributed by atoms with van der Waals surface area (Å²) in [5.41, 5.74) is -1.59. The number of fused-ring (bicyclic) bond motifs is 5. The highest BCUT2D eigenvalue weighted by Gasteiger charge is 2.72. The van der Waals surface area contributed by atoms with Crippen LogP contribution >= 0.6 is 0 Å². The Morgan fingerprint density at radius 2 is 1.05 bits per heavy atom. The summed E-state index contributed by atoms with van der Waals surface area (Å²) < 4.78 is 48.9. The van der Waals surface area contributed by atoms with E-state index >= 15 is 0 Å². The molecule has 0 radical (unpaired) electrons. The maximum atomic E-state index is 12.8. The number of allylic oxidation sites excluding steroid dienone is 2. The lowest BCUT2D eigenvalue weighted by atomic mass is 9.35. The molecule has 23 heteroatoms. The molecule has 0 bridgehead atoms. The van der Waals surface area contributed by atoms with Gasteiger partial charge in [-0.1, -0.05) is 46.3 Å². The van der Waals surface area contributed by atoms with Crippen molar-refractivity contribution in [2.45, 2.75) is 254 Å². The Labute approximate surface area is 450 Å². The number of hydrogen-bond donors (Lipinski definition) is 15. The highest BCUT2D eigenvalue weighted by Crippen LogP contribution is 2.76. The fourth-order valence-electron chi connectivity index (χ4n) is 16.3. The Hall–Kier alpha value is -1.18. The molecule has 30 atom stereocenters. The van der Waals surface area contributed by atoms with Gasteiger partial charge < -0.3 is 114 Å². The summed E-state index contributed by atoms with van der Waals surface area (Å²) in [4.78, 5) is 0. The van der Waals surface area contributed by atoms with Crippen molar-refractivity contribution in [2.75, 3.05) is 26.4 Å². The van der Waals surface area contributed by atoms with E-state index in [-0.39, 0.29) is 34.5 Å². The van der Waals surface area contributed by atoms with E-state index in [9.17, 15) is 76.6 Å². The minimum Gasteiger partial charge on any atom is -0.394 e. The molecule has 8 fully saturated rings. The number of hydrogen-bond acceptors (Lipinski definition) is 23. The Bertz CT molecular complexity index is 1990. The zero-order chi connectivity index (χ0) is 56.6. The van der Waals surface area contributed by atoms with Crippen LogP contribution in [0.15, 0.2) is 11.6 Å². The van der Waals surface area contributed by atoms with Crippen LogP contribution in [-0.4, -0.2) is 244 Å². The minimum absolute atomic E-state index is 0.0374. The number of ether oxygens (including phenoxy) is 8. The monoisotopic (exact) mass is 1110 g/mol. The summed E-state index contributed by atoms with van der Waals surface area (Å²) in [5.74, 6) is -0.475. The fourth-order valence-corrected chi connectivity index (χ4v) is 16.3. The van der Waals surface area contributed by atoms with E-state index in [1.54, 1.807) is 0 Å². The van der Waals surface area contributed by atoms with Gasteiger partial charge >= 0.3 is 0 Å². The van der Waals surface area contributed by atoms with Gasteiger partial charge in [-0.25, -0.2) is 0 Å². The van der Waals surface area contributed by atoms with Crippen LogP contribution in [0.1, 0.15) is 113 Å². The summed E-state index contributed by atoms with van der Waals surface area (Å²) in [6, 6.07) is 0. The van der Waals surface area contributed by atoms with Crippen LogP contribution in [0.4, 0.5) is 0 Å². The molecule has 0 aromatic heterocycles. The molecule has 15 N–H and O–H groups in total. The van der Waals surface area contributed by atoms with E-state index in [4.69, 9.17) is 37.9 Å². The SMILES string of the molecule is CC(C)=CCC[C@@](C)(O[C@H]1O[C@@H](CO[C@H]2O[C@@H](CO)[C@H](O)[C@@H](O)[C@@H]2O)[C@H](O)[C@@H](O)[C@@H]1O)[C@@H]1CC[C@@]2(C)[C@H]1[C@@H](O)C[C@H]1[C@]3(C)CC[C@@H](O[C@H]4O[C@@H](CO)[C@H](O)[C@@H](O)[C@@H]4O[C@H]4O[C@@H](CO)[C@H](O)[C@@H](O)[C@@H]4O)C(C)(C)[C@H]3CC[C@@]12C.